The zero-order chi connectivity index (χ0) is 22.1. The van der Waals surface area contributed by atoms with Crippen LogP contribution >= 0.6 is 0 Å². The Morgan fingerprint density at radius 1 is 0.967 bits per heavy atom. The van der Waals surface area contributed by atoms with Crippen molar-refractivity contribution >= 4 is 21.6 Å². The number of amides is 1. The van der Waals surface area contributed by atoms with E-state index in [0.717, 1.165) is 32.8 Å². The summed E-state index contributed by atoms with van der Waals surface area (Å²) < 4.78 is 27.8. The van der Waals surface area contributed by atoms with Gasteiger partial charge in [-0.3, -0.25) is 4.79 Å². The third-order valence-corrected chi connectivity index (χ3v) is 8.02. The Labute approximate surface area is 179 Å². The molecule has 162 valence electrons. The molecule has 1 aliphatic rings. The second-order valence-corrected chi connectivity index (χ2v) is 10.3. The van der Waals surface area contributed by atoms with Crippen LogP contribution in [-0.4, -0.2) is 50.9 Å². The molecule has 0 unspecified atom stereocenters. The molecule has 6 nitrogen and oxygen atoms in total. The molecule has 0 aromatic heterocycles. The Morgan fingerprint density at radius 3 is 2.17 bits per heavy atom. The average molecular weight is 431 g/mol. The van der Waals surface area contributed by atoms with Gasteiger partial charge in [-0.2, -0.15) is 4.31 Å². The minimum atomic E-state index is -3.52. The van der Waals surface area contributed by atoms with Gasteiger partial charge in [0.25, 0.3) is 5.91 Å². The SMILES string of the molecule is Cc1ccc(C)c(NC(=O)[C@@H](C)[NH+]2CCN(S(=O)(=O)c3cc(C)ccc3C)CC2)c1. The molecule has 0 radical (unpaired) electrons. The highest BCUT2D eigenvalue weighted by atomic mass is 32.2. The van der Waals surface area contributed by atoms with E-state index < -0.39 is 10.0 Å². The number of benzene rings is 2. The Bertz CT molecular complexity index is 1040. The van der Waals surface area contributed by atoms with Crippen molar-refractivity contribution in [2.24, 2.45) is 0 Å². The molecule has 1 heterocycles. The Kier molecular flexibility index (Phi) is 6.65. The van der Waals surface area contributed by atoms with E-state index in [2.05, 4.69) is 5.32 Å². The Morgan fingerprint density at radius 2 is 1.53 bits per heavy atom. The second-order valence-electron chi connectivity index (χ2n) is 8.36. The van der Waals surface area contributed by atoms with E-state index in [-0.39, 0.29) is 11.9 Å². The molecule has 0 spiro atoms. The predicted octanol–water partition coefficient (Wildman–Crippen LogP) is 1.84. The first-order valence-corrected chi connectivity index (χ1v) is 11.8. The van der Waals surface area contributed by atoms with Gasteiger partial charge < -0.3 is 10.2 Å². The van der Waals surface area contributed by atoms with Gasteiger partial charge in [-0.15, -0.1) is 0 Å². The fourth-order valence-corrected chi connectivity index (χ4v) is 5.62. The van der Waals surface area contributed by atoms with Crippen LogP contribution < -0.4 is 10.2 Å². The highest BCUT2D eigenvalue weighted by molar-refractivity contribution is 7.89. The lowest BCUT2D eigenvalue weighted by Crippen LogP contribution is -3.19. The number of rotatable bonds is 5. The number of quaternary nitrogens is 1. The van der Waals surface area contributed by atoms with Crippen molar-refractivity contribution in [1.29, 1.82) is 0 Å². The molecule has 3 rings (SSSR count). The molecule has 1 atom stereocenters. The van der Waals surface area contributed by atoms with Gasteiger partial charge in [-0.05, 0) is 69.0 Å². The zero-order valence-corrected chi connectivity index (χ0v) is 19.3. The molecule has 2 aromatic rings. The summed E-state index contributed by atoms with van der Waals surface area (Å²) in [6.45, 7) is 11.6. The van der Waals surface area contributed by atoms with Crippen LogP contribution in [0.5, 0.6) is 0 Å². The molecule has 2 N–H and O–H groups in total. The monoisotopic (exact) mass is 430 g/mol. The molecule has 1 saturated heterocycles. The second kappa shape index (κ2) is 8.88. The van der Waals surface area contributed by atoms with Crippen molar-refractivity contribution in [2.75, 3.05) is 31.5 Å². The van der Waals surface area contributed by atoms with Gasteiger partial charge in [-0.1, -0.05) is 24.3 Å². The molecular formula is C23H32N3O3S+. The van der Waals surface area contributed by atoms with Crippen molar-refractivity contribution in [3.8, 4) is 0 Å². The lowest BCUT2D eigenvalue weighted by atomic mass is 10.1. The zero-order valence-electron chi connectivity index (χ0n) is 18.5. The third-order valence-electron chi connectivity index (χ3n) is 5.98. The quantitative estimate of drug-likeness (QED) is 0.760. The summed E-state index contributed by atoms with van der Waals surface area (Å²) in [5.41, 5.74) is 4.65. The third kappa shape index (κ3) is 4.74. The van der Waals surface area contributed by atoms with Crippen LogP contribution in [-0.2, 0) is 14.8 Å². The maximum Gasteiger partial charge on any atom is 0.282 e. The molecule has 0 bridgehead atoms. The molecule has 0 saturated carbocycles. The largest absolute Gasteiger partial charge is 0.323 e. The molecular weight excluding hydrogens is 398 g/mol. The minimum absolute atomic E-state index is 0.0375. The molecule has 2 aromatic carbocycles. The molecule has 7 heteroatoms. The van der Waals surface area contributed by atoms with Gasteiger partial charge in [0.2, 0.25) is 10.0 Å². The summed E-state index contributed by atoms with van der Waals surface area (Å²) in [6.07, 6.45) is 0. The summed E-state index contributed by atoms with van der Waals surface area (Å²) in [7, 11) is -3.52. The first-order chi connectivity index (χ1) is 14.1. The first kappa shape index (κ1) is 22.5. The normalized spacial score (nSPS) is 17.0. The van der Waals surface area contributed by atoms with Gasteiger partial charge in [0.1, 0.15) is 0 Å². The van der Waals surface area contributed by atoms with Crippen LogP contribution in [0, 0.1) is 27.7 Å². The standard InChI is InChI=1S/C23H31N3O3S/c1-16-6-8-18(3)21(14-16)24-23(27)20(5)25-10-12-26(13-11-25)30(28,29)22-15-17(2)7-9-19(22)4/h6-9,14-15,20H,10-13H2,1-5H3,(H,24,27)/p+1/t20-/m1/s1. The summed E-state index contributed by atoms with van der Waals surface area (Å²) in [4.78, 5) is 14.3. The number of nitrogens with zero attached hydrogens (tertiary/aromatic N) is 1. The fraction of sp³-hybridized carbons (Fsp3) is 0.435. The van der Waals surface area contributed by atoms with Gasteiger partial charge in [0, 0.05) is 5.69 Å². The molecule has 1 aliphatic heterocycles. The first-order valence-electron chi connectivity index (χ1n) is 10.4. The predicted molar refractivity (Wildman–Crippen MR) is 119 cm³/mol. The lowest BCUT2D eigenvalue weighted by molar-refractivity contribution is -0.917. The van der Waals surface area contributed by atoms with Crippen molar-refractivity contribution in [2.45, 2.75) is 45.6 Å². The van der Waals surface area contributed by atoms with Crippen LogP contribution in [0.25, 0.3) is 0 Å². The highest BCUT2D eigenvalue weighted by Crippen LogP contribution is 2.21. The van der Waals surface area contributed by atoms with E-state index in [1.165, 1.54) is 0 Å². The molecule has 1 fully saturated rings. The smallest absolute Gasteiger partial charge is 0.282 e. The number of hydrogen-bond acceptors (Lipinski definition) is 3. The van der Waals surface area contributed by atoms with Crippen molar-refractivity contribution in [3.63, 3.8) is 0 Å². The lowest BCUT2D eigenvalue weighted by Gasteiger charge is -2.34. The van der Waals surface area contributed by atoms with Crippen LogP contribution in [0.2, 0.25) is 0 Å². The summed E-state index contributed by atoms with van der Waals surface area (Å²) in [5, 5.41) is 3.04. The number of nitrogens with one attached hydrogen (secondary N) is 2. The number of piperazine rings is 1. The average Bonchev–Trinajstić information content (AvgIpc) is 2.72. The maximum atomic E-state index is 13.1. The maximum absolute atomic E-state index is 13.1. The summed E-state index contributed by atoms with van der Waals surface area (Å²) in [6, 6.07) is 11.3. The van der Waals surface area contributed by atoms with Crippen molar-refractivity contribution < 1.29 is 18.1 Å². The number of anilines is 1. The molecule has 0 aliphatic carbocycles. The number of hydrogen-bond donors (Lipinski definition) is 2. The van der Waals surface area contributed by atoms with E-state index >= 15 is 0 Å². The van der Waals surface area contributed by atoms with Gasteiger partial charge in [-0.25, -0.2) is 8.42 Å². The van der Waals surface area contributed by atoms with Gasteiger partial charge >= 0.3 is 0 Å². The van der Waals surface area contributed by atoms with E-state index in [1.807, 2.05) is 65.0 Å². The van der Waals surface area contributed by atoms with Gasteiger partial charge in [0.15, 0.2) is 6.04 Å². The number of carbonyl (C=O) groups excluding carboxylic acids is 1. The topological polar surface area (TPSA) is 70.9 Å². The van der Waals surface area contributed by atoms with E-state index in [9.17, 15) is 13.2 Å². The summed E-state index contributed by atoms with van der Waals surface area (Å²) >= 11 is 0. The van der Waals surface area contributed by atoms with Crippen LogP contribution in [0.3, 0.4) is 0 Å². The highest BCUT2D eigenvalue weighted by Gasteiger charge is 2.35. The number of carbonyl (C=O) groups is 1. The van der Waals surface area contributed by atoms with Crippen LogP contribution in [0.15, 0.2) is 41.3 Å². The number of aryl methyl sites for hydroxylation is 4. The molecule has 1 amide bonds. The van der Waals surface area contributed by atoms with E-state index in [4.69, 9.17) is 0 Å². The van der Waals surface area contributed by atoms with Crippen LogP contribution in [0.1, 0.15) is 29.2 Å². The minimum Gasteiger partial charge on any atom is -0.323 e. The molecule has 30 heavy (non-hydrogen) atoms. The van der Waals surface area contributed by atoms with Gasteiger partial charge in [0.05, 0.1) is 31.1 Å². The Hall–Kier alpha value is -2.22. The fourth-order valence-electron chi connectivity index (χ4n) is 3.87. The summed E-state index contributed by atoms with van der Waals surface area (Å²) in [5.74, 6) is -0.0375. The Balaban J connectivity index is 1.65. The number of sulfonamides is 1. The van der Waals surface area contributed by atoms with Crippen molar-refractivity contribution in [1.82, 2.24) is 4.31 Å². The van der Waals surface area contributed by atoms with Crippen molar-refractivity contribution in [3.05, 3.63) is 58.7 Å². The van der Waals surface area contributed by atoms with E-state index in [0.29, 0.717) is 31.1 Å². The van der Waals surface area contributed by atoms with Crippen LogP contribution in [0.4, 0.5) is 5.69 Å². The van der Waals surface area contributed by atoms with E-state index in [1.54, 1.807) is 10.4 Å².